The van der Waals surface area contributed by atoms with E-state index in [0.29, 0.717) is 40.1 Å². The number of aromatic carboxylic acids is 1. The number of fused-ring (bicyclic) bond motifs is 1. The maximum atomic E-state index is 14.0. The van der Waals surface area contributed by atoms with E-state index in [1.165, 1.54) is 17.4 Å². The second-order valence-corrected chi connectivity index (χ2v) is 7.55. The van der Waals surface area contributed by atoms with Gasteiger partial charge in [-0.05, 0) is 58.7 Å². The molecule has 1 aliphatic carbocycles. The minimum absolute atomic E-state index is 0.00285. The largest absolute Gasteiger partial charge is 0.478 e. The number of benzene rings is 1. The Kier molecular flexibility index (Phi) is 4.31. The second kappa shape index (κ2) is 6.08. The molecule has 3 nitrogen and oxygen atoms in total. The van der Waals surface area contributed by atoms with Gasteiger partial charge in [-0.1, -0.05) is 6.07 Å². The van der Waals surface area contributed by atoms with Crippen LogP contribution in [-0.2, 0) is 12.8 Å². The van der Waals surface area contributed by atoms with Crippen LogP contribution in [0.25, 0.3) is 0 Å². The van der Waals surface area contributed by atoms with Crippen molar-refractivity contribution in [3.63, 3.8) is 0 Å². The molecule has 0 fully saturated rings. The summed E-state index contributed by atoms with van der Waals surface area (Å²) < 4.78 is 14.8. The average molecular weight is 430 g/mol. The summed E-state index contributed by atoms with van der Waals surface area (Å²) in [5, 5.41) is 9.49. The van der Waals surface area contributed by atoms with Crippen LogP contribution in [0.3, 0.4) is 0 Å². The molecular formula is C16H12FIO3S. The maximum Gasteiger partial charge on any atom is 0.337 e. The van der Waals surface area contributed by atoms with E-state index in [0.717, 1.165) is 3.57 Å². The van der Waals surface area contributed by atoms with E-state index in [2.05, 4.69) is 0 Å². The second-order valence-electron chi connectivity index (χ2n) is 5.20. The number of halogens is 2. The SMILES string of the molecule is O=C1CCCc2c1sc(Cc1ccc(I)cc1F)c2C(=O)O. The number of Topliss-reactive ketones (excluding diaryl/α,β-unsaturated/α-hetero) is 1. The number of carboxylic acid groups (broad SMARTS) is 1. The number of ketones is 1. The van der Waals surface area contributed by atoms with Gasteiger partial charge in [0.15, 0.2) is 5.78 Å². The van der Waals surface area contributed by atoms with Crippen LogP contribution in [-0.4, -0.2) is 16.9 Å². The number of carboxylic acids is 1. The van der Waals surface area contributed by atoms with Crippen molar-refractivity contribution in [3.05, 3.63) is 54.0 Å². The first-order valence-electron chi connectivity index (χ1n) is 6.82. The lowest BCUT2D eigenvalue weighted by Gasteiger charge is -2.10. The van der Waals surface area contributed by atoms with Crippen molar-refractivity contribution >= 4 is 45.7 Å². The Balaban J connectivity index is 2.07. The van der Waals surface area contributed by atoms with Crippen molar-refractivity contribution in [3.8, 4) is 0 Å². The first-order chi connectivity index (χ1) is 10.5. The van der Waals surface area contributed by atoms with Gasteiger partial charge in [-0.25, -0.2) is 9.18 Å². The Hall–Kier alpha value is -1.28. The number of carbonyl (C=O) groups is 2. The summed E-state index contributed by atoms with van der Waals surface area (Å²) in [6, 6.07) is 4.89. The topological polar surface area (TPSA) is 54.4 Å². The van der Waals surface area contributed by atoms with Crippen LogP contribution in [0, 0.1) is 9.39 Å². The molecule has 6 heteroatoms. The van der Waals surface area contributed by atoms with Crippen LogP contribution < -0.4 is 0 Å². The highest BCUT2D eigenvalue weighted by Crippen LogP contribution is 2.36. The van der Waals surface area contributed by atoms with Gasteiger partial charge in [0.2, 0.25) is 0 Å². The minimum Gasteiger partial charge on any atom is -0.478 e. The van der Waals surface area contributed by atoms with Gasteiger partial charge in [-0.15, -0.1) is 11.3 Å². The zero-order valence-electron chi connectivity index (χ0n) is 11.5. The van der Waals surface area contributed by atoms with Crippen molar-refractivity contribution < 1.29 is 19.1 Å². The third-order valence-electron chi connectivity index (χ3n) is 3.74. The molecule has 1 aromatic heterocycles. The Morgan fingerprint density at radius 2 is 2.14 bits per heavy atom. The minimum atomic E-state index is -1.03. The number of hydrogen-bond donors (Lipinski definition) is 1. The molecule has 22 heavy (non-hydrogen) atoms. The number of hydrogen-bond acceptors (Lipinski definition) is 3. The first-order valence-corrected chi connectivity index (χ1v) is 8.72. The van der Waals surface area contributed by atoms with E-state index in [4.69, 9.17) is 0 Å². The van der Waals surface area contributed by atoms with Gasteiger partial charge in [-0.2, -0.15) is 0 Å². The average Bonchev–Trinajstić information content (AvgIpc) is 2.82. The molecule has 3 rings (SSSR count). The Morgan fingerprint density at radius 1 is 1.36 bits per heavy atom. The summed E-state index contributed by atoms with van der Waals surface area (Å²) in [6.45, 7) is 0. The number of carbonyl (C=O) groups excluding carboxylic acids is 1. The zero-order chi connectivity index (χ0) is 15.9. The smallest absolute Gasteiger partial charge is 0.337 e. The molecule has 0 bridgehead atoms. The van der Waals surface area contributed by atoms with Gasteiger partial charge >= 0.3 is 5.97 Å². The van der Waals surface area contributed by atoms with Gasteiger partial charge in [-0.3, -0.25) is 4.79 Å². The maximum absolute atomic E-state index is 14.0. The molecule has 0 amide bonds. The van der Waals surface area contributed by atoms with Crippen LogP contribution in [0.2, 0.25) is 0 Å². The van der Waals surface area contributed by atoms with Crippen LogP contribution >= 0.6 is 33.9 Å². The molecular weight excluding hydrogens is 418 g/mol. The third kappa shape index (κ3) is 2.81. The van der Waals surface area contributed by atoms with Gasteiger partial charge in [0, 0.05) is 21.3 Å². The Morgan fingerprint density at radius 3 is 2.82 bits per heavy atom. The van der Waals surface area contributed by atoms with Crippen molar-refractivity contribution in [2.75, 3.05) is 0 Å². The standard InChI is InChI=1S/C16H12FIO3S/c17-11-7-9(18)5-4-8(11)6-13-14(16(20)21)10-2-1-3-12(19)15(10)22-13/h4-5,7H,1-3,6H2,(H,20,21). The molecule has 1 aliphatic rings. The highest BCUT2D eigenvalue weighted by molar-refractivity contribution is 14.1. The molecule has 1 N–H and O–H groups in total. The first kappa shape index (κ1) is 15.6. The van der Waals surface area contributed by atoms with Crippen LogP contribution in [0.15, 0.2) is 18.2 Å². The van der Waals surface area contributed by atoms with Crippen molar-refractivity contribution in [1.82, 2.24) is 0 Å². The number of thiophene rings is 1. The summed E-state index contributed by atoms with van der Waals surface area (Å²) in [7, 11) is 0. The van der Waals surface area contributed by atoms with E-state index >= 15 is 0 Å². The predicted octanol–water partition coefficient (Wildman–Crippen LogP) is 4.30. The van der Waals surface area contributed by atoms with Gasteiger partial charge in [0.25, 0.3) is 0 Å². The van der Waals surface area contributed by atoms with Crippen molar-refractivity contribution in [1.29, 1.82) is 0 Å². The zero-order valence-corrected chi connectivity index (χ0v) is 14.5. The van der Waals surface area contributed by atoms with Crippen LogP contribution in [0.4, 0.5) is 4.39 Å². The van der Waals surface area contributed by atoms with Crippen molar-refractivity contribution in [2.24, 2.45) is 0 Å². The summed E-state index contributed by atoms with van der Waals surface area (Å²) in [4.78, 5) is 24.7. The third-order valence-corrected chi connectivity index (χ3v) is 5.69. The van der Waals surface area contributed by atoms with Gasteiger partial charge in [0.1, 0.15) is 5.82 Å². The summed E-state index contributed by atoms with van der Waals surface area (Å²) in [6.07, 6.45) is 1.95. The summed E-state index contributed by atoms with van der Waals surface area (Å²) >= 11 is 3.23. The van der Waals surface area contributed by atoms with E-state index < -0.39 is 5.97 Å². The summed E-state index contributed by atoms with van der Waals surface area (Å²) in [5.41, 5.74) is 1.29. The fraction of sp³-hybridized carbons (Fsp3) is 0.250. The molecule has 0 unspecified atom stereocenters. The van der Waals surface area contributed by atoms with E-state index in [-0.39, 0.29) is 23.6 Å². The fourth-order valence-corrected chi connectivity index (χ4v) is 4.51. The quantitative estimate of drug-likeness (QED) is 0.739. The van der Waals surface area contributed by atoms with E-state index in [1.54, 1.807) is 12.1 Å². The molecule has 2 aromatic rings. The molecule has 1 aromatic carbocycles. The highest BCUT2D eigenvalue weighted by Gasteiger charge is 2.29. The number of rotatable bonds is 3. The molecule has 0 saturated carbocycles. The monoisotopic (exact) mass is 430 g/mol. The molecule has 0 saturated heterocycles. The van der Waals surface area contributed by atoms with Gasteiger partial charge in [0.05, 0.1) is 10.4 Å². The highest BCUT2D eigenvalue weighted by atomic mass is 127. The molecule has 0 radical (unpaired) electrons. The molecule has 0 aliphatic heterocycles. The molecule has 0 spiro atoms. The normalized spacial score (nSPS) is 14.0. The van der Waals surface area contributed by atoms with E-state index in [9.17, 15) is 19.1 Å². The Bertz CT molecular complexity index is 782. The van der Waals surface area contributed by atoms with E-state index in [1.807, 2.05) is 22.6 Å². The van der Waals surface area contributed by atoms with Gasteiger partial charge < -0.3 is 5.11 Å². The van der Waals surface area contributed by atoms with Crippen LogP contribution in [0.1, 0.15) is 48.9 Å². The lowest BCUT2D eigenvalue weighted by molar-refractivity contribution is 0.0695. The van der Waals surface area contributed by atoms with Crippen LogP contribution in [0.5, 0.6) is 0 Å². The predicted molar refractivity (Wildman–Crippen MR) is 90.5 cm³/mol. The van der Waals surface area contributed by atoms with Crippen molar-refractivity contribution in [2.45, 2.75) is 25.7 Å². The fourth-order valence-electron chi connectivity index (χ4n) is 2.73. The lowest BCUT2D eigenvalue weighted by atomic mass is 9.93. The lowest BCUT2D eigenvalue weighted by Crippen LogP contribution is -2.11. The molecule has 1 heterocycles. The Labute approximate surface area is 144 Å². The molecule has 114 valence electrons. The molecule has 0 atom stereocenters. The summed E-state index contributed by atoms with van der Waals surface area (Å²) in [5.74, 6) is -1.38.